The lowest BCUT2D eigenvalue weighted by Gasteiger charge is -2.26. The third kappa shape index (κ3) is 3.58. The molecule has 4 heteroatoms. The standard InChI is InChI=1S/C20H25N3O/c1-14-12-15(2)21-16(3)19(14)22-20(24)23-11-7-10-18(23)13-17-8-5-4-6-9-17/h4-6,8-9,12,18H,7,10-11,13H2,1-3H3,(H,22,24). The second-order valence-corrected chi connectivity index (χ2v) is 6.65. The van der Waals surface area contributed by atoms with E-state index < -0.39 is 0 Å². The number of nitrogens with one attached hydrogen (secondary N) is 1. The van der Waals surface area contributed by atoms with Gasteiger partial charge in [0.1, 0.15) is 0 Å². The summed E-state index contributed by atoms with van der Waals surface area (Å²) in [7, 11) is 0. The minimum atomic E-state index is -0.00900. The van der Waals surface area contributed by atoms with Crippen LogP contribution in [-0.4, -0.2) is 28.5 Å². The average Bonchev–Trinajstić information content (AvgIpc) is 3.00. The third-order valence-corrected chi connectivity index (χ3v) is 4.71. The Hall–Kier alpha value is -2.36. The fourth-order valence-electron chi connectivity index (χ4n) is 3.59. The lowest BCUT2D eigenvalue weighted by molar-refractivity contribution is 0.206. The molecule has 1 fully saturated rings. The molecule has 1 aliphatic heterocycles. The van der Waals surface area contributed by atoms with Crippen LogP contribution in [0.5, 0.6) is 0 Å². The van der Waals surface area contributed by atoms with E-state index in [0.29, 0.717) is 0 Å². The predicted octanol–water partition coefficient (Wildman–Crippen LogP) is 4.25. The molecule has 1 N–H and O–H groups in total. The summed E-state index contributed by atoms with van der Waals surface area (Å²) in [5.41, 5.74) is 5.04. The number of urea groups is 1. The zero-order valence-corrected chi connectivity index (χ0v) is 14.7. The van der Waals surface area contributed by atoms with Crippen LogP contribution >= 0.6 is 0 Å². The lowest BCUT2D eigenvalue weighted by Crippen LogP contribution is -2.40. The maximum absolute atomic E-state index is 12.8. The van der Waals surface area contributed by atoms with Gasteiger partial charge >= 0.3 is 6.03 Å². The van der Waals surface area contributed by atoms with E-state index in [4.69, 9.17) is 0 Å². The van der Waals surface area contributed by atoms with E-state index in [0.717, 1.165) is 48.4 Å². The topological polar surface area (TPSA) is 45.2 Å². The summed E-state index contributed by atoms with van der Waals surface area (Å²) in [6.45, 7) is 6.76. The maximum atomic E-state index is 12.8. The number of hydrogen-bond donors (Lipinski definition) is 1. The zero-order valence-electron chi connectivity index (χ0n) is 14.7. The highest BCUT2D eigenvalue weighted by atomic mass is 16.2. The largest absolute Gasteiger partial charge is 0.322 e. The van der Waals surface area contributed by atoms with Gasteiger partial charge in [-0.15, -0.1) is 0 Å². The smallest absolute Gasteiger partial charge is 0.321 e. The van der Waals surface area contributed by atoms with E-state index in [-0.39, 0.29) is 12.1 Å². The molecule has 2 amide bonds. The fourth-order valence-corrected chi connectivity index (χ4v) is 3.59. The molecule has 0 bridgehead atoms. The van der Waals surface area contributed by atoms with Crippen molar-refractivity contribution in [1.29, 1.82) is 0 Å². The van der Waals surface area contributed by atoms with Crippen LogP contribution < -0.4 is 5.32 Å². The van der Waals surface area contributed by atoms with Gasteiger partial charge in [-0.1, -0.05) is 30.3 Å². The van der Waals surface area contributed by atoms with E-state index in [1.807, 2.05) is 37.8 Å². The molecule has 24 heavy (non-hydrogen) atoms. The summed E-state index contributed by atoms with van der Waals surface area (Å²) in [6.07, 6.45) is 3.04. The van der Waals surface area contributed by atoms with Gasteiger partial charge in [0.2, 0.25) is 0 Å². The first-order valence-corrected chi connectivity index (χ1v) is 8.61. The van der Waals surface area contributed by atoms with Crippen molar-refractivity contribution < 1.29 is 4.79 Å². The first kappa shape index (κ1) is 16.5. The van der Waals surface area contributed by atoms with Gasteiger partial charge in [0, 0.05) is 18.3 Å². The first-order chi connectivity index (χ1) is 11.5. The highest BCUT2D eigenvalue weighted by Crippen LogP contribution is 2.24. The number of carbonyl (C=O) groups is 1. The lowest BCUT2D eigenvalue weighted by atomic mass is 10.0. The van der Waals surface area contributed by atoms with E-state index in [2.05, 4.69) is 34.6 Å². The normalized spacial score (nSPS) is 17.1. The molecule has 1 aliphatic rings. The monoisotopic (exact) mass is 323 g/mol. The summed E-state index contributed by atoms with van der Waals surface area (Å²) >= 11 is 0. The number of benzene rings is 1. The van der Waals surface area contributed by atoms with Gasteiger partial charge < -0.3 is 10.2 Å². The number of rotatable bonds is 3. The number of aryl methyl sites for hydroxylation is 3. The minimum Gasteiger partial charge on any atom is -0.321 e. The van der Waals surface area contributed by atoms with E-state index in [1.165, 1.54) is 5.56 Å². The number of pyridine rings is 1. The molecule has 0 radical (unpaired) electrons. The summed E-state index contributed by atoms with van der Waals surface area (Å²) in [5.74, 6) is 0. The van der Waals surface area contributed by atoms with Crippen LogP contribution in [0.3, 0.4) is 0 Å². The van der Waals surface area contributed by atoms with Gasteiger partial charge in [0.25, 0.3) is 0 Å². The number of aromatic nitrogens is 1. The molecule has 1 atom stereocenters. The van der Waals surface area contributed by atoms with Crippen LogP contribution in [0.1, 0.15) is 35.4 Å². The summed E-state index contributed by atoms with van der Waals surface area (Å²) < 4.78 is 0. The zero-order chi connectivity index (χ0) is 17.1. The van der Waals surface area contributed by atoms with Gasteiger partial charge in [0.05, 0.1) is 11.4 Å². The number of carbonyl (C=O) groups excluding carboxylic acids is 1. The van der Waals surface area contributed by atoms with Gasteiger partial charge in [0.15, 0.2) is 0 Å². The van der Waals surface area contributed by atoms with Crippen LogP contribution in [0.2, 0.25) is 0 Å². The van der Waals surface area contributed by atoms with E-state index in [1.54, 1.807) is 0 Å². The highest BCUT2D eigenvalue weighted by Gasteiger charge is 2.29. The quantitative estimate of drug-likeness (QED) is 0.918. The maximum Gasteiger partial charge on any atom is 0.322 e. The molecule has 126 valence electrons. The second-order valence-electron chi connectivity index (χ2n) is 6.65. The van der Waals surface area contributed by atoms with Gasteiger partial charge in [-0.25, -0.2) is 4.79 Å². The van der Waals surface area contributed by atoms with Crippen molar-refractivity contribution in [3.05, 3.63) is 58.9 Å². The molecule has 2 heterocycles. The van der Waals surface area contributed by atoms with Crippen LogP contribution in [0.15, 0.2) is 36.4 Å². The molecule has 4 nitrogen and oxygen atoms in total. The number of anilines is 1. The Kier molecular flexibility index (Phi) is 4.84. The molecule has 0 spiro atoms. The average molecular weight is 323 g/mol. The highest BCUT2D eigenvalue weighted by molar-refractivity contribution is 5.91. The van der Waals surface area contributed by atoms with Crippen molar-refractivity contribution in [1.82, 2.24) is 9.88 Å². The Bertz CT molecular complexity index is 704. The summed E-state index contributed by atoms with van der Waals surface area (Å²) in [5, 5.41) is 3.09. The van der Waals surface area contributed by atoms with Gasteiger partial charge in [-0.3, -0.25) is 4.98 Å². The molecule has 1 saturated heterocycles. The van der Waals surface area contributed by atoms with Crippen LogP contribution in [0.25, 0.3) is 0 Å². The summed E-state index contributed by atoms with van der Waals surface area (Å²) in [4.78, 5) is 19.2. The molecular weight excluding hydrogens is 298 g/mol. The number of amides is 2. The Morgan fingerprint density at radius 2 is 2.00 bits per heavy atom. The molecule has 3 rings (SSSR count). The van der Waals surface area contributed by atoms with Crippen LogP contribution in [0, 0.1) is 20.8 Å². The fraction of sp³-hybridized carbons (Fsp3) is 0.400. The van der Waals surface area contributed by atoms with E-state index >= 15 is 0 Å². The van der Waals surface area contributed by atoms with Gasteiger partial charge in [-0.05, 0) is 57.2 Å². The van der Waals surface area contributed by atoms with Gasteiger partial charge in [-0.2, -0.15) is 0 Å². The third-order valence-electron chi connectivity index (χ3n) is 4.71. The van der Waals surface area contributed by atoms with Crippen LogP contribution in [-0.2, 0) is 6.42 Å². The Morgan fingerprint density at radius 1 is 1.25 bits per heavy atom. The van der Waals surface area contributed by atoms with Crippen molar-refractivity contribution in [2.45, 2.75) is 46.1 Å². The second kappa shape index (κ2) is 7.04. The van der Waals surface area contributed by atoms with E-state index in [9.17, 15) is 4.79 Å². The Morgan fingerprint density at radius 3 is 2.71 bits per heavy atom. The number of likely N-dealkylation sites (tertiary alicyclic amines) is 1. The molecule has 1 unspecified atom stereocenters. The van der Waals surface area contributed by atoms with Crippen molar-refractivity contribution in [3.63, 3.8) is 0 Å². The molecule has 1 aromatic carbocycles. The first-order valence-electron chi connectivity index (χ1n) is 8.61. The molecule has 2 aromatic rings. The predicted molar refractivity (Wildman–Crippen MR) is 97.3 cm³/mol. The SMILES string of the molecule is Cc1cc(C)c(NC(=O)N2CCCC2Cc2ccccc2)c(C)n1. The van der Waals surface area contributed by atoms with Crippen molar-refractivity contribution in [2.75, 3.05) is 11.9 Å². The Labute approximate surface area is 143 Å². The van der Waals surface area contributed by atoms with Crippen molar-refractivity contribution in [3.8, 4) is 0 Å². The molecule has 1 aromatic heterocycles. The molecule has 0 saturated carbocycles. The molecular formula is C20H25N3O. The number of hydrogen-bond acceptors (Lipinski definition) is 2. The van der Waals surface area contributed by atoms with Crippen LogP contribution in [0.4, 0.5) is 10.5 Å². The molecule has 0 aliphatic carbocycles. The van der Waals surface area contributed by atoms with Crippen molar-refractivity contribution >= 4 is 11.7 Å². The minimum absolute atomic E-state index is 0.00900. The summed E-state index contributed by atoms with van der Waals surface area (Å²) in [6, 6.07) is 12.7. The number of nitrogens with zero attached hydrogens (tertiary/aromatic N) is 2. The van der Waals surface area contributed by atoms with Crippen molar-refractivity contribution in [2.24, 2.45) is 0 Å². The Balaban J connectivity index is 1.72.